The molecule has 0 aliphatic rings. The quantitative estimate of drug-likeness (QED) is 0.851. The molecule has 0 aliphatic heterocycles. The Morgan fingerprint density at radius 3 is 2.50 bits per heavy atom. The third-order valence-electron chi connectivity index (χ3n) is 2.65. The molecule has 0 saturated carbocycles. The molecule has 0 saturated heterocycles. The first-order valence-electron chi connectivity index (χ1n) is 5.27. The maximum atomic E-state index is 9.05. The highest BCUT2D eigenvalue weighted by Crippen LogP contribution is 2.36. The summed E-state index contributed by atoms with van der Waals surface area (Å²) in [6.07, 6.45) is 0. The molecule has 5 heteroatoms. The van der Waals surface area contributed by atoms with Crippen molar-refractivity contribution in [2.45, 2.75) is 6.92 Å². The zero-order chi connectivity index (χ0) is 13.1. The van der Waals surface area contributed by atoms with Crippen LogP contribution in [0, 0.1) is 18.3 Å². The van der Waals surface area contributed by atoms with Gasteiger partial charge in [0.2, 0.25) is 0 Å². The summed E-state index contributed by atoms with van der Waals surface area (Å²) >= 11 is 1.33. The van der Waals surface area contributed by atoms with Gasteiger partial charge in [0.15, 0.2) is 11.5 Å². The summed E-state index contributed by atoms with van der Waals surface area (Å²) in [6, 6.07) is 5.89. The standard InChI is InChI=1S/C13H12N2O2S/c1-8-4-10(16-2)11(17-3)5-9(8)13-12(6-14)18-7-15-13/h4-5,7H,1-3H3. The molecule has 4 nitrogen and oxygen atoms in total. The van der Waals surface area contributed by atoms with E-state index in [0.717, 1.165) is 11.1 Å². The number of rotatable bonds is 3. The fourth-order valence-electron chi connectivity index (χ4n) is 1.75. The highest BCUT2D eigenvalue weighted by Gasteiger charge is 2.15. The third-order valence-corrected chi connectivity index (χ3v) is 3.39. The number of thiazole rings is 1. The Morgan fingerprint density at radius 2 is 1.89 bits per heavy atom. The molecule has 0 unspecified atom stereocenters. The number of aromatic nitrogens is 1. The van der Waals surface area contributed by atoms with Crippen LogP contribution in [-0.4, -0.2) is 19.2 Å². The van der Waals surface area contributed by atoms with Gasteiger partial charge in [-0.25, -0.2) is 4.98 Å². The summed E-state index contributed by atoms with van der Waals surface area (Å²) in [4.78, 5) is 4.85. The van der Waals surface area contributed by atoms with E-state index in [2.05, 4.69) is 11.1 Å². The highest BCUT2D eigenvalue weighted by atomic mass is 32.1. The van der Waals surface area contributed by atoms with Gasteiger partial charge in [-0.15, -0.1) is 11.3 Å². The topological polar surface area (TPSA) is 55.1 Å². The summed E-state index contributed by atoms with van der Waals surface area (Å²) in [5, 5.41) is 9.05. The molecule has 1 aromatic carbocycles. The summed E-state index contributed by atoms with van der Waals surface area (Å²) in [5.74, 6) is 1.31. The number of nitriles is 1. The van der Waals surface area contributed by atoms with E-state index in [1.165, 1.54) is 11.3 Å². The van der Waals surface area contributed by atoms with Crippen LogP contribution < -0.4 is 9.47 Å². The van der Waals surface area contributed by atoms with Gasteiger partial charge in [-0.05, 0) is 24.6 Å². The van der Waals surface area contributed by atoms with Crippen LogP contribution in [0.3, 0.4) is 0 Å². The van der Waals surface area contributed by atoms with Crippen molar-refractivity contribution < 1.29 is 9.47 Å². The minimum atomic E-state index is 0.602. The molecule has 1 heterocycles. The van der Waals surface area contributed by atoms with Crippen LogP contribution in [0.1, 0.15) is 10.4 Å². The van der Waals surface area contributed by atoms with Gasteiger partial charge in [-0.2, -0.15) is 5.26 Å². The fraction of sp³-hybridized carbons (Fsp3) is 0.231. The predicted molar refractivity (Wildman–Crippen MR) is 70.1 cm³/mol. The lowest BCUT2D eigenvalue weighted by Crippen LogP contribution is -1.94. The zero-order valence-electron chi connectivity index (χ0n) is 10.4. The van der Waals surface area contributed by atoms with Crippen LogP contribution in [-0.2, 0) is 0 Å². The lowest BCUT2D eigenvalue weighted by atomic mass is 10.0. The first-order valence-corrected chi connectivity index (χ1v) is 6.15. The van der Waals surface area contributed by atoms with E-state index >= 15 is 0 Å². The SMILES string of the molecule is COc1cc(C)c(-c2ncsc2C#N)cc1OC. The number of methoxy groups -OCH3 is 2. The normalized spacial score (nSPS) is 9.89. The summed E-state index contributed by atoms with van der Waals surface area (Å²) in [7, 11) is 3.18. The monoisotopic (exact) mass is 260 g/mol. The Morgan fingerprint density at radius 1 is 1.22 bits per heavy atom. The van der Waals surface area contributed by atoms with Crippen molar-refractivity contribution >= 4 is 11.3 Å². The summed E-state index contributed by atoms with van der Waals surface area (Å²) in [5.41, 5.74) is 4.26. The average Bonchev–Trinajstić information content (AvgIpc) is 2.86. The van der Waals surface area contributed by atoms with Crippen molar-refractivity contribution in [2.75, 3.05) is 14.2 Å². The maximum Gasteiger partial charge on any atom is 0.161 e. The van der Waals surface area contributed by atoms with Crippen molar-refractivity contribution in [2.24, 2.45) is 0 Å². The lowest BCUT2D eigenvalue weighted by Gasteiger charge is -2.11. The second-order valence-electron chi connectivity index (χ2n) is 3.66. The van der Waals surface area contributed by atoms with Crippen molar-refractivity contribution in [1.82, 2.24) is 4.98 Å². The van der Waals surface area contributed by atoms with Gasteiger partial charge in [0.05, 0.1) is 25.4 Å². The second-order valence-corrected chi connectivity index (χ2v) is 4.52. The molecule has 0 N–H and O–H groups in total. The van der Waals surface area contributed by atoms with Gasteiger partial charge in [-0.1, -0.05) is 0 Å². The van der Waals surface area contributed by atoms with Crippen LogP contribution in [0.5, 0.6) is 11.5 Å². The van der Waals surface area contributed by atoms with Gasteiger partial charge in [0, 0.05) is 5.56 Å². The van der Waals surface area contributed by atoms with Crippen LogP contribution in [0.15, 0.2) is 17.6 Å². The van der Waals surface area contributed by atoms with Gasteiger partial charge in [0.25, 0.3) is 0 Å². The van der Waals surface area contributed by atoms with E-state index in [9.17, 15) is 0 Å². The molecule has 0 fully saturated rings. The van der Waals surface area contributed by atoms with Gasteiger partial charge >= 0.3 is 0 Å². The van der Waals surface area contributed by atoms with E-state index in [4.69, 9.17) is 14.7 Å². The van der Waals surface area contributed by atoms with E-state index in [1.54, 1.807) is 19.7 Å². The van der Waals surface area contributed by atoms with E-state index in [-0.39, 0.29) is 0 Å². The molecule has 0 spiro atoms. The average molecular weight is 260 g/mol. The van der Waals surface area contributed by atoms with Gasteiger partial charge in [-0.3, -0.25) is 0 Å². The zero-order valence-corrected chi connectivity index (χ0v) is 11.2. The van der Waals surface area contributed by atoms with E-state index < -0.39 is 0 Å². The second kappa shape index (κ2) is 5.07. The van der Waals surface area contributed by atoms with Gasteiger partial charge < -0.3 is 9.47 Å². The first kappa shape index (κ1) is 12.4. The van der Waals surface area contributed by atoms with Crippen molar-refractivity contribution in [3.8, 4) is 28.8 Å². The molecular weight excluding hydrogens is 248 g/mol. The van der Waals surface area contributed by atoms with Gasteiger partial charge in [0.1, 0.15) is 10.9 Å². The van der Waals surface area contributed by atoms with Crippen molar-refractivity contribution in [3.63, 3.8) is 0 Å². The van der Waals surface area contributed by atoms with Crippen LogP contribution in [0.2, 0.25) is 0 Å². The first-order chi connectivity index (χ1) is 8.71. The maximum absolute atomic E-state index is 9.05. The highest BCUT2D eigenvalue weighted by molar-refractivity contribution is 7.10. The number of ether oxygens (including phenoxy) is 2. The summed E-state index contributed by atoms with van der Waals surface area (Å²) < 4.78 is 10.5. The van der Waals surface area contributed by atoms with E-state index in [1.807, 2.05) is 19.1 Å². The number of benzene rings is 1. The number of hydrogen-bond donors (Lipinski definition) is 0. The minimum Gasteiger partial charge on any atom is -0.493 e. The Hall–Kier alpha value is -2.06. The summed E-state index contributed by atoms with van der Waals surface area (Å²) in [6.45, 7) is 1.96. The number of nitrogens with zero attached hydrogens (tertiary/aromatic N) is 2. The van der Waals surface area contributed by atoms with E-state index in [0.29, 0.717) is 22.1 Å². The largest absolute Gasteiger partial charge is 0.493 e. The fourth-order valence-corrected chi connectivity index (χ4v) is 2.34. The van der Waals surface area contributed by atoms with Crippen LogP contribution in [0.25, 0.3) is 11.3 Å². The molecule has 92 valence electrons. The predicted octanol–water partition coefficient (Wildman–Crippen LogP) is 3.01. The molecule has 0 atom stereocenters. The van der Waals surface area contributed by atoms with Crippen molar-refractivity contribution in [1.29, 1.82) is 5.26 Å². The Labute approximate surface area is 109 Å². The van der Waals surface area contributed by atoms with Crippen LogP contribution >= 0.6 is 11.3 Å². The number of aryl methyl sites for hydroxylation is 1. The molecular formula is C13H12N2O2S. The number of hydrogen-bond acceptors (Lipinski definition) is 5. The Kier molecular flexibility index (Phi) is 3.49. The molecule has 1 aromatic heterocycles. The Bertz CT molecular complexity index is 614. The molecule has 0 aliphatic carbocycles. The molecule has 2 aromatic rings. The molecule has 0 bridgehead atoms. The molecule has 18 heavy (non-hydrogen) atoms. The molecule has 2 rings (SSSR count). The minimum absolute atomic E-state index is 0.602. The third kappa shape index (κ3) is 2.03. The Balaban J connectivity index is 2.62. The van der Waals surface area contributed by atoms with Crippen LogP contribution in [0.4, 0.5) is 0 Å². The van der Waals surface area contributed by atoms with Crippen molar-refractivity contribution in [3.05, 3.63) is 28.1 Å². The molecule has 0 radical (unpaired) electrons. The smallest absolute Gasteiger partial charge is 0.161 e. The lowest BCUT2D eigenvalue weighted by molar-refractivity contribution is 0.355. The molecule has 0 amide bonds.